The summed E-state index contributed by atoms with van der Waals surface area (Å²) in [6.07, 6.45) is 0.371. The molecule has 0 fully saturated rings. The second kappa shape index (κ2) is 8.82. The molecule has 7 nitrogen and oxygen atoms in total. The molecule has 0 saturated carbocycles. The van der Waals surface area contributed by atoms with Gasteiger partial charge in [-0.2, -0.15) is 0 Å². The van der Waals surface area contributed by atoms with E-state index in [4.69, 9.17) is 0 Å². The minimum absolute atomic E-state index is 0.126. The third kappa shape index (κ3) is 4.19. The predicted octanol–water partition coefficient (Wildman–Crippen LogP) is 5.27. The average Bonchev–Trinajstić information content (AvgIpc) is 2.79. The molecule has 0 aliphatic carbocycles. The number of benzene rings is 3. The van der Waals surface area contributed by atoms with Gasteiger partial charge in [0, 0.05) is 41.9 Å². The quantitative estimate of drug-likeness (QED) is 0.403. The van der Waals surface area contributed by atoms with Crippen molar-refractivity contribution in [3.63, 3.8) is 0 Å². The van der Waals surface area contributed by atoms with Gasteiger partial charge in [0.05, 0.1) is 16.7 Å². The van der Waals surface area contributed by atoms with Crippen molar-refractivity contribution in [2.75, 3.05) is 9.80 Å². The average molecular weight is 447 g/mol. The first-order valence-corrected chi connectivity index (χ1v) is 10.5. The van der Waals surface area contributed by atoms with E-state index in [2.05, 4.69) is 0 Å². The van der Waals surface area contributed by atoms with Crippen molar-refractivity contribution in [2.45, 2.75) is 32.4 Å². The van der Waals surface area contributed by atoms with Crippen LogP contribution in [-0.2, 0) is 4.79 Å². The Morgan fingerprint density at radius 3 is 2.33 bits per heavy atom. The number of non-ortho nitro benzene ring substituents is 1. The normalized spacial score (nSPS) is 17.2. The number of amides is 2. The smallest absolute Gasteiger partial charge is 0.269 e. The first-order valence-electron chi connectivity index (χ1n) is 10.5. The maximum absolute atomic E-state index is 13.4. The van der Waals surface area contributed by atoms with Crippen LogP contribution in [0.3, 0.4) is 0 Å². The molecule has 0 saturated heterocycles. The van der Waals surface area contributed by atoms with Gasteiger partial charge in [0.1, 0.15) is 5.82 Å². The van der Waals surface area contributed by atoms with Gasteiger partial charge in [-0.3, -0.25) is 19.7 Å². The summed E-state index contributed by atoms with van der Waals surface area (Å²) in [6, 6.07) is 17.8. The SMILES string of the molecule is CC(=O)N(c1ccccc1)C1CC(C)N(C(=O)c2ccc(F)cc2)c2ccc([N+](=O)[O-])cc21. The Bertz CT molecular complexity index is 1210. The summed E-state index contributed by atoms with van der Waals surface area (Å²) in [5.41, 5.74) is 1.84. The maximum atomic E-state index is 13.4. The Morgan fingerprint density at radius 1 is 1.06 bits per heavy atom. The molecule has 1 heterocycles. The fraction of sp³-hybridized carbons (Fsp3) is 0.200. The van der Waals surface area contributed by atoms with Crippen LogP contribution in [0.4, 0.5) is 21.5 Å². The third-order valence-corrected chi connectivity index (χ3v) is 5.84. The zero-order chi connectivity index (χ0) is 23.7. The highest BCUT2D eigenvalue weighted by Gasteiger charge is 2.39. The number of nitrogens with zero attached hydrogens (tertiary/aromatic N) is 3. The number of rotatable bonds is 4. The van der Waals surface area contributed by atoms with Gasteiger partial charge in [0.25, 0.3) is 11.6 Å². The monoisotopic (exact) mass is 447 g/mol. The van der Waals surface area contributed by atoms with Crippen LogP contribution in [-0.4, -0.2) is 22.8 Å². The lowest BCUT2D eigenvalue weighted by Gasteiger charge is -2.43. The maximum Gasteiger partial charge on any atom is 0.269 e. The summed E-state index contributed by atoms with van der Waals surface area (Å²) < 4.78 is 13.4. The van der Waals surface area contributed by atoms with E-state index in [0.717, 1.165) is 0 Å². The number of carbonyl (C=O) groups excluding carboxylic acids is 2. The fourth-order valence-electron chi connectivity index (χ4n) is 4.39. The van der Waals surface area contributed by atoms with E-state index < -0.39 is 16.8 Å². The molecule has 0 bridgehead atoms. The minimum atomic E-state index is -0.507. The van der Waals surface area contributed by atoms with Crippen molar-refractivity contribution in [1.82, 2.24) is 0 Å². The molecular weight excluding hydrogens is 425 g/mol. The number of halogens is 1. The van der Waals surface area contributed by atoms with Gasteiger partial charge in [-0.05, 0) is 55.8 Å². The number of fused-ring (bicyclic) bond motifs is 1. The number of para-hydroxylation sites is 1. The Balaban J connectivity index is 1.86. The molecule has 8 heteroatoms. The summed E-state index contributed by atoms with van der Waals surface area (Å²) in [5.74, 6) is -1.01. The van der Waals surface area contributed by atoms with Gasteiger partial charge >= 0.3 is 0 Å². The summed E-state index contributed by atoms with van der Waals surface area (Å²) in [4.78, 5) is 40.3. The molecule has 33 heavy (non-hydrogen) atoms. The van der Waals surface area contributed by atoms with Crippen LogP contribution in [0.15, 0.2) is 72.8 Å². The number of carbonyl (C=O) groups is 2. The lowest BCUT2D eigenvalue weighted by molar-refractivity contribution is -0.384. The van der Waals surface area contributed by atoms with Crippen molar-refractivity contribution in [1.29, 1.82) is 0 Å². The molecule has 2 atom stereocenters. The molecule has 3 aromatic carbocycles. The highest BCUT2D eigenvalue weighted by Crippen LogP contribution is 2.44. The molecule has 1 aliphatic heterocycles. The van der Waals surface area contributed by atoms with E-state index >= 15 is 0 Å². The lowest BCUT2D eigenvalue weighted by Crippen LogP contribution is -2.47. The molecular formula is C25H22FN3O4. The molecule has 4 rings (SSSR count). The summed E-state index contributed by atoms with van der Waals surface area (Å²) in [6.45, 7) is 3.31. The van der Waals surface area contributed by atoms with Crippen molar-refractivity contribution >= 4 is 28.9 Å². The fourth-order valence-corrected chi connectivity index (χ4v) is 4.39. The van der Waals surface area contributed by atoms with Crippen LogP contribution >= 0.6 is 0 Å². The van der Waals surface area contributed by atoms with Crippen LogP contribution in [0.2, 0.25) is 0 Å². The first kappa shape index (κ1) is 22.1. The predicted molar refractivity (Wildman–Crippen MR) is 123 cm³/mol. The third-order valence-electron chi connectivity index (χ3n) is 5.84. The van der Waals surface area contributed by atoms with E-state index in [1.54, 1.807) is 28.0 Å². The van der Waals surface area contributed by atoms with Crippen molar-refractivity contribution < 1.29 is 18.9 Å². The molecule has 0 spiro atoms. The molecule has 1 aliphatic rings. The molecule has 0 N–H and O–H groups in total. The van der Waals surface area contributed by atoms with Gasteiger partial charge in [-0.25, -0.2) is 4.39 Å². The zero-order valence-corrected chi connectivity index (χ0v) is 18.1. The second-order valence-corrected chi connectivity index (χ2v) is 8.01. The van der Waals surface area contributed by atoms with Gasteiger partial charge in [-0.1, -0.05) is 18.2 Å². The van der Waals surface area contributed by atoms with Crippen LogP contribution in [0.25, 0.3) is 0 Å². The van der Waals surface area contributed by atoms with E-state index in [9.17, 15) is 24.1 Å². The number of hydrogen-bond acceptors (Lipinski definition) is 4. The summed E-state index contributed by atoms with van der Waals surface area (Å²) in [7, 11) is 0. The Kier molecular flexibility index (Phi) is 5.91. The van der Waals surface area contributed by atoms with Gasteiger partial charge in [-0.15, -0.1) is 0 Å². The number of nitro benzene ring substituents is 1. The molecule has 0 aromatic heterocycles. The van der Waals surface area contributed by atoms with E-state index in [-0.39, 0.29) is 23.5 Å². The standard InChI is InChI=1S/C25H22FN3O4/c1-16-14-24(28(17(2)30)20-6-4-3-5-7-20)22-15-21(29(32)33)12-13-23(22)27(16)25(31)18-8-10-19(26)11-9-18/h3-13,15-16,24H,14H2,1-2H3. The molecule has 2 unspecified atom stereocenters. The Labute approximate surface area is 190 Å². The van der Waals surface area contributed by atoms with Crippen molar-refractivity contribution in [3.8, 4) is 0 Å². The topological polar surface area (TPSA) is 83.8 Å². The number of nitro groups is 1. The zero-order valence-electron chi connectivity index (χ0n) is 18.1. The number of anilines is 2. The molecule has 0 radical (unpaired) electrons. The van der Waals surface area contributed by atoms with Gasteiger partial charge in [0.2, 0.25) is 5.91 Å². The molecule has 2 amide bonds. The largest absolute Gasteiger partial charge is 0.305 e. The molecule has 3 aromatic rings. The van der Waals surface area contributed by atoms with Crippen LogP contribution in [0.5, 0.6) is 0 Å². The number of hydrogen-bond donors (Lipinski definition) is 0. The minimum Gasteiger partial charge on any atom is -0.305 e. The van der Waals surface area contributed by atoms with E-state index in [1.807, 2.05) is 25.1 Å². The summed E-state index contributed by atoms with van der Waals surface area (Å²) in [5, 5.41) is 11.5. The highest BCUT2D eigenvalue weighted by molar-refractivity contribution is 6.07. The van der Waals surface area contributed by atoms with Crippen LogP contribution in [0.1, 0.15) is 42.2 Å². The highest BCUT2D eigenvalue weighted by atomic mass is 19.1. The van der Waals surface area contributed by atoms with Crippen LogP contribution < -0.4 is 9.80 Å². The van der Waals surface area contributed by atoms with Crippen LogP contribution in [0, 0.1) is 15.9 Å². The van der Waals surface area contributed by atoms with E-state index in [1.165, 1.54) is 43.3 Å². The second-order valence-electron chi connectivity index (χ2n) is 8.01. The lowest BCUT2D eigenvalue weighted by atomic mass is 9.89. The summed E-state index contributed by atoms with van der Waals surface area (Å²) >= 11 is 0. The Hall–Kier alpha value is -4.07. The first-order chi connectivity index (χ1) is 15.8. The Morgan fingerprint density at radius 2 is 1.73 bits per heavy atom. The van der Waals surface area contributed by atoms with E-state index in [0.29, 0.717) is 28.9 Å². The van der Waals surface area contributed by atoms with Gasteiger partial charge < -0.3 is 9.80 Å². The van der Waals surface area contributed by atoms with Crippen molar-refractivity contribution in [2.24, 2.45) is 0 Å². The van der Waals surface area contributed by atoms with Gasteiger partial charge in [0.15, 0.2) is 0 Å². The molecule has 168 valence electrons. The van der Waals surface area contributed by atoms with Crippen molar-refractivity contribution in [3.05, 3.63) is 99.9 Å².